The van der Waals surface area contributed by atoms with Crippen LogP contribution >= 0.6 is 11.3 Å². The number of aromatic nitrogens is 1. The summed E-state index contributed by atoms with van der Waals surface area (Å²) < 4.78 is 0. The number of benzene rings is 1. The van der Waals surface area contributed by atoms with E-state index in [9.17, 15) is 9.59 Å². The maximum Gasteiger partial charge on any atom is 0.307 e. The summed E-state index contributed by atoms with van der Waals surface area (Å²) in [6.07, 6.45) is 0.447. The van der Waals surface area contributed by atoms with Crippen LogP contribution in [0.15, 0.2) is 30.3 Å². The highest BCUT2D eigenvalue weighted by atomic mass is 32.1. The van der Waals surface area contributed by atoms with E-state index >= 15 is 0 Å². The quantitative estimate of drug-likeness (QED) is 0.903. The van der Waals surface area contributed by atoms with Crippen molar-refractivity contribution in [3.05, 3.63) is 40.9 Å². The van der Waals surface area contributed by atoms with Crippen LogP contribution in [0.5, 0.6) is 0 Å². The van der Waals surface area contributed by atoms with Crippen molar-refractivity contribution < 1.29 is 14.7 Å². The van der Waals surface area contributed by atoms with Crippen molar-refractivity contribution in [2.24, 2.45) is 11.8 Å². The summed E-state index contributed by atoms with van der Waals surface area (Å²) in [4.78, 5) is 30.8. The Morgan fingerprint density at radius 2 is 1.96 bits per heavy atom. The third-order valence-electron chi connectivity index (χ3n) is 4.59. The lowest BCUT2D eigenvalue weighted by Gasteiger charge is -2.24. The molecule has 0 bridgehead atoms. The van der Waals surface area contributed by atoms with Gasteiger partial charge in [0.05, 0.1) is 28.4 Å². The molecule has 0 radical (unpaired) electrons. The Kier molecular flexibility index (Phi) is 4.41. The number of aliphatic carboxylic acids is 1. The lowest BCUT2D eigenvalue weighted by molar-refractivity contribution is -0.142. The molecule has 24 heavy (non-hydrogen) atoms. The van der Waals surface area contributed by atoms with Crippen LogP contribution in [0.4, 0.5) is 0 Å². The Labute approximate surface area is 145 Å². The van der Waals surface area contributed by atoms with E-state index in [1.807, 2.05) is 44.2 Å². The van der Waals surface area contributed by atoms with Gasteiger partial charge in [-0.05, 0) is 20.3 Å². The molecule has 1 N–H and O–H groups in total. The molecule has 1 aliphatic rings. The monoisotopic (exact) mass is 344 g/mol. The number of aryl methyl sites for hydroxylation is 1. The third-order valence-corrected chi connectivity index (χ3v) is 5.96. The Bertz CT molecular complexity index is 772. The molecule has 126 valence electrons. The van der Waals surface area contributed by atoms with E-state index in [1.54, 1.807) is 23.3 Å². The molecule has 1 amide bonds. The van der Waals surface area contributed by atoms with Crippen LogP contribution in [0.2, 0.25) is 0 Å². The summed E-state index contributed by atoms with van der Waals surface area (Å²) in [6, 6.07) is 9.83. The van der Waals surface area contributed by atoms with Gasteiger partial charge in [0, 0.05) is 12.6 Å². The summed E-state index contributed by atoms with van der Waals surface area (Å²) in [5.41, 5.74) is 1.97. The number of carboxylic acid groups (broad SMARTS) is 1. The van der Waals surface area contributed by atoms with Crippen molar-refractivity contribution in [3.63, 3.8) is 0 Å². The minimum absolute atomic E-state index is 0.0936. The van der Waals surface area contributed by atoms with Crippen LogP contribution in [-0.2, 0) is 9.59 Å². The van der Waals surface area contributed by atoms with E-state index in [0.29, 0.717) is 6.42 Å². The van der Waals surface area contributed by atoms with Gasteiger partial charge in [-0.1, -0.05) is 30.3 Å². The smallest absolute Gasteiger partial charge is 0.307 e. The first-order chi connectivity index (χ1) is 11.4. The van der Waals surface area contributed by atoms with E-state index in [1.165, 1.54) is 0 Å². The van der Waals surface area contributed by atoms with Gasteiger partial charge in [0.15, 0.2) is 0 Å². The Morgan fingerprint density at radius 1 is 1.29 bits per heavy atom. The van der Waals surface area contributed by atoms with Gasteiger partial charge in [-0.15, -0.1) is 11.3 Å². The molecule has 1 saturated carbocycles. The lowest BCUT2D eigenvalue weighted by Crippen LogP contribution is -2.31. The summed E-state index contributed by atoms with van der Waals surface area (Å²) in [5, 5.41) is 9.94. The van der Waals surface area contributed by atoms with E-state index in [2.05, 4.69) is 4.98 Å². The Morgan fingerprint density at radius 3 is 2.54 bits per heavy atom. The fourth-order valence-corrected chi connectivity index (χ4v) is 4.04. The zero-order valence-electron chi connectivity index (χ0n) is 13.9. The second kappa shape index (κ2) is 6.36. The van der Waals surface area contributed by atoms with Gasteiger partial charge >= 0.3 is 5.97 Å². The number of hydrogen-bond donors (Lipinski definition) is 1. The normalized spacial score (nSPS) is 20.5. The highest BCUT2D eigenvalue weighted by Gasteiger charge is 2.50. The predicted octanol–water partition coefficient (Wildman–Crippen LogP) is 3.36. The van der Waals surface area contributed by atoms with Crippen molar-refractivity contribution >= 4 is 23.2 Å². The maximum atomic E-state index is 12.5. The first kappa shape index (κ1) is 16.6. The van der Waals surface area contributed by atoms with Crippen LogP contribution in [0.3, 0.4) is 0 Å². The first-order valence-electron chi connectivity index (χ1n) is 7.92. The molecular weight excluding hydrogens is 324 g/mol. The molecule has 0 aliphatic heterocycles. The number of nitrogens with zero attached hydrogens (tertiary/aromatic N) is 2. The molecule has 0 spiro atoms. The Balaban J connectivity index is 1.78. The number of rotatable bonds is 5. The van der Waals surface area contributed by atoms with Crippen molar-refractivity contribution in [2.45, 2.75) is 26.3 Å². The molecular formula is C18H20N2O3S. The zero-order chi connectivity index (χ0) is 17.4. The molecule has 3 rings (SSSR count). The predicted molar refractivity (Wildman–Crippen MR) is 92.7 cm³/mol. The summed E-state index contributed by atoms with van der Waals surface area (Å²) in [5.74, 6) is -1.87. The summed E-state index contributed by atoms with van der Waals surface area (Å²) in [7, 11) is 1.74. The minimum atomic E-state index is -0.880. The second-order valence-electron chi connectivity index (χ2n) is 6.25. The van der Waals surface area contributed by atoms with Gasteiger partial charge in [0.1, 0.15) is 5.01 Å². The first-order valence-corrected chi connectivity index (χ1v) is 8.74. The molecule has 6 heteroatoms. The topological polar surface area (TPSA) is 70.5 Å². The van der Waals surface area contributed by atoms with E-state index in [-0.39, 0.29) is 17.9 Å². The number of carbonyl (C=O) groups excluding carboxylic acids is 1. The molecule has 1 aromatic carbocycles. The van der Waals surface area contributed by atoms with Crippen LogP contribution < -0.4 is 0 Å². The largest absolute Gasteiger partial charge is 0.481 e. The molecule has 3 atom stereocenters. The van der Waals surface area contributed by atoms with Gasteiger partial charge in [0.2, 0.25) is 5.91 Å². The fourth-order valence-electron chi connectivity index (χ4n) is 2.87. The van der Waals surface area contributed by atoms with Crippen molar-refractivity contribution in [1.82, 2.24) is 9.88 Å². The van der Waals surface area contributed by atoms with Crippen LogP contribution in [0.25, 0.3) is 10.6 Å². The molecule has 0 saturated heterocycles. The van der Waals surface area contributed by atoms with Crippen LogP contribution in [0.1, 0.15) is 30.0 Å². The van der Waals surface area contributed by atoms with Gasteiger partial charge in [-0.3, -0.25) is 9.59 Å². The standard InChI is InChI=1S/C18H20N2O3S/c1-10-15(24-16(19-10)12-7-5-4-6-8-12)11(2)20(3)17(21)13-9-14(13)18(22)23/h4-8,11,13-14H,9H2,1-3H3,(H,22,23). The van der Waals surface area contributed by atoms with Gasteiger partial charge in [-0.25, -0.2) is 4.98 Å². The van der Waals surface area contributed by atoms with Crippen LogP contribution in [-0.4, -0.2) is 33.9 Å². The molecule has 1 fully saturated rings. The SMILES string of the molecule is Cc1nc(-c2ccccc2)sc1C(C)N(C)C(=O)C1CC1C(=O)O. The summed E-state index contributed by atoms with van der Waals surface area (Å²) in [6.45, 7) is 3.91. The van der Waals surface area contributed by atoms with Crippen LogP contribution in [0, 0.1) is 18.8 Å². The van der Waals surface area contributed by atoms with E-state index in [0.717, 1.165) is 21.1 Å². The lowest BCUT2D eigenvalue weighted by atomic mass is 10.2. The average Bonchev–Trinajstić information content (AvgIpc) is 3.30. The van der Waals surface area contributed by atoms with E-state index < -0.39 is 11.9 Å². The van der Waals surface area contributed by atoms with E-state index in [4.69, 9.17) is 5.11 Å². The molecule has 1 aliphatic carbocycles. The van der Waals surface area contributed by atoms with Gasteiger partial charge in [0.25, 0.3) is 0 Å². The maximum absolute atomic E-state index is 12.5. The molecule has 1 aromatic heterocycles. The average molecular weight is 344 g/mol. The van der Waals surface area contributed by atoms with Crippen molar-refractivity contribution in [3.8, 4) is 10.6 Å². The highest BCUT2D eigenvalue weighted by molar-refractivity contribution is 7.15. The molecule has 2 aromatic rings. The molecule has 5 nitrogen and oxygen atoms in total. The van der Waals surface area contributed by atoms with Gasteiger partial charge in [-0.2, -0.15) is 0 Å². The third kappa shape index (κ3) is 3.06. The van der Waals surface area contributed by atoms with Gasteiger partial charge < -0.3 is 10.0 Å². The Hall–Kier alpha value is -2.21. The van der Waals surface area contributed by atoms with Crippen molar-refractivity contribution in [2.75, 3.05) is 7.05 Å². The summed E-state index contributed by atoms with van der Waals surface area (Å²) >= 11 is 1.58. The number of hydrogen-bond acceptors (Lipinski definition) is 4. The zero-order valence-corrected chi connectivity index (χ0v) is 14.7. The molecule has 1 heterocycles. The number of carboxylic acids is 1. The number of carbonyl (C=O) groups is 2. The highest BCUT2D eigenvalue weighted by Crippen LogP contribution is 2.42. The fraction of sp³-hybridized carbons (Fsp3) is 0.389. The number of thiazole rings is 1. The minimum Gasteiger partial charge on any atom is -0.481 e. The number of amides is 1. The molecule has 3 unspecified atom stereocenters. The second-order valence-corrected chi connectivity index (χ2v) is 7.28. The van der Waals surface area contributed by atoms with Crippen molar-refractivity contribution in [1.29, 1.82) is 0 Å².